The highest BCUT2D eigenvalue weighted by Gasteiger charge is 2.38. The monoisotopic (exact) mass is 364 g/mol. The molecule has 2 aliphatic heterocycles. The second-order valence-electron chi connectivity index (χ2n) is 8.02. The molecule has 4 nitrogen and oxygen atoms in total. The van der Waals surface area contributed by atoms with Gasteiger partial charge in [0.25, 0.3) is 0 Å². The minimum absolute atomic E-state index is 0. The minimum Gasteiger partial charge on any atom is -0.493 e. The number of hydrogen-bond acceptors (Lipinski definition) is 4. The van der Waals surface area contributed by atoms with Crippen LogP contribution in [0.5, 0.6) is 11.5 Å². The van der Waals surface area contributed by atoms with Gasteiger partial charge in [-0.3, -0.25) is 0 Å². The molecule has 3 aliphatic rings. The molecule has 26 heavy (non-hydrogen) atoms. The SMILES string of the molecule is CN1CCC2CC[C@@H](N3CCCCC3)CC21.COc1ccccc1OC.[HH].[HH]. The summed E-state index contributed by atoms with van der Waals surface area (Å²) in [6.07, 6.45) is 10.3. The number of para-hydroxylation sites is 2. The van der Waals surface area contributed by atoms with Crippen LogP contribution in [0.4, 0.5) is 0 Å². The van der Waals surface area contributed by atoms with Crippen molar-refractivity contribution in [3.63, 3.8) is 0 Å². The van der Waals surface area contributed by atoms with Gasteiger partial charge in [-0.25, -0.2) is 0 Å². The Morgan fingerprint density at radius 2 is 1.54 bits per heavy atom. The number of rotatable bonds is 3. The first-order valence-electron chi connectivity index (χ1n) is 10.3. The van der Waals surface area contributed by atoms with E-state index < -0.39 is 0 Å². The first-order valence-corrected chi connectivity index (χ1v) is 10.3. The number of methoxy groups -OCH3 is 2. The van der Waals surface area contributed by atoms with Gasteiger partial charge in [-0.05, 0) is 83.3 Å². The Labute approximate surface area is 162 Å². The highest BCUT2D eigenvalue weighted by molar-refractivity contribution is 5.39. The fraction of sp³-hybridized carbons (Fsp3) is 0.727. The summed E-state index contributed by atoms with van der Waals surface area (Å²) >= 11 is 0. The Morgan fingerprint density at radius 1 is 0.885 bits per heavy atom. The Balaban J connectivity index is 0.000000288. The van der Waals surface area contributed by atoms with Crippen molar-refractivity contribution in [2.75, 3.05) is 40.9 Å². The van der Waals surface area contributed by atoms with Gasteiger partial charge in [0.2, 0.25) is 0 Å². The lowest BCUT2D eigenvalue weighted by Crippen LogP contribution is -2.46. The van der Waals surface area contributed by atoms with Gasteiger partial charge >= 0.3 is 0 Å². The van der Waals surface area contributed by atoms with E-state index in [0.717, 1.165) is 29.5 Å². The van der Waals surface area contributed by atoms with Crippen molar-refractivity contribution in [1.29, 1.82) is 0 Å². The molecule has 1 aromatic rings. The minimum atomic E-state index is 0. The summed E-state index contributed by atoms with van der Waals surface area (Å²) in [6, 6.07) is 9.36. The Hall–Kier alpha value is -1.26. The third-order valence-electron chi connectivity index (χ3n) is 6.54. The van der Waals surface area contributed by atoms with Crippen LogP contribution in [0.3, 0.4) is 0 Å². The van der Waals surface area contributed by atoms with E-state index in [2.05, 4.69) is 16.8 Å². The second-order valence-corrected chi connectivity index (χ2v) is 8.02. The van der Waals surface area contributed by atoms with Crippen LogP contribution >= 0.6 is 0 Å². The van der Waals surface area contributed by atoms with Gasteiger partial charge in [0, 0.05) is 14.9 Å². The number of fused-ring (bicyclic) bond motifs is 1. The molecule has 4 rings (SSSR count). The summed E-state index contributed by atoms with van der Waals surface area (Å²) in [5.74, 6) is 2.57. The van der Waals surface area contributed by atoms with Crippen molar-refractivity contribution < 1.29 is 12.3 Å². The first-order chi connectivity index (χ1) is 12.7. The fourth-order valence-corrected chi connectivity index (χ4v) is 5.00. The standard InChI is InChI=1S/C14H26N2.C8H10O2.2H2/c1-15-10-7-12-5-6-13(11-14(12)15)16-8-3-2-4-9-16;1-9-7-5-3-4-6-8(7)10-2;;/h12-14H,2-11H2,1H3;3-6H,1-2H3;2*1H/t12?,13-,14?;;;/m1.../s1. The molecule has 4 heteroatoms. The van der Waals surface area contributed by atoms with Crippen LogP contribution < -0.4 is 9.47 Å². The molecule has 150 valence electrons. The predicted octanol–water partition coefficient (Wildman–Crippen LogP) is 4.54. The van der Waals surface area contributed by atoms with Crippen LogP contribution in [0.2, 0.25) is 0 Å². The van der Waals surface area contributed by atoms with E-state index in [1.54, 1.807) is 14.2 Å². The summed E-state index contributed by atoms with van der Waals surface area (Å²) < 4.78 is 10.0. The molecule has 1 aromatic carbocycles. The zero-order valence-electron chi connectivity index (χ0n) is 16.8. The maximum atomic E-state index is 5.01. The summed E-state index contributed by atoms with van der Waals surface area (Å²) in [7, 11) is 5.58. The number of benzene rings is 1. The highest BCUT2D eigenvalue weighted by atomic mass is 16.5. The van der Waals surface area contributed by atoms with Crippen LogP contribution in [0.25, 0.3) is 0 Å². The predicted molar refractivity (Wildman–Crippen MR) is 111 cm³/mol. The number of ether oxygens (including phenoxy) is 2. The highest BCUT2D eigenvalue weighted by Crippen LogP contribution is 2.37. The van der Waals surface area contributed by atoms with E-state index in [-0.39, 0.29) is 2.85 Å². The largest absolute Gasteiger partial charge is 0.493 e. The molecule has 0 radical (unpaired) electrons. The quantitative estimate of drug-likeness (QED) is 0.786. The van der Waals surface area contributed by atoms with Gasteiger partial charge in [0.05, 0.1) is 14.2 Å². The summed E-state index contributed by atoms with van der Waals surface area (Å²) in [5.41, 5.74) is 0. The Bertz CT molecular complexity index is 532. The molecular formula is C22H40N2O2. The molecule has 0 amide bonds. The topological polar surface area (TPSA) is 24.9 Å². The number of likely N-dealkylation sites (tertiary alicyclic amines) is 2. The average Bonchev–Trinajstić information content (AvgIpc) is 3.09. The molecule has 0 bridgehead atoms. The molecule has 0 aromatic heterocycles. The maximum Gasteiger partial charge on any atom is 0.160 e. The van der Waals surface area contributed by atoms with E-state index in [9.17, 15) is 0 Å². The molecule has 1 saturated carbocycles. The third kappa shape index (κ3) is 4.72. The second kappa shape index (κ2) is 9.61. The van der Waals surface area contributed by atoms with Gasteiger partial charge in [0.1, 0.15) is 0 Å². The molecule has 2 saturated heterocycles. The lowest BCUT2D eigenvalue weighted by Gasteiger charge is -2.42. The number of nitrogens with zero attached hydrogens (tertiary/aromatic N) is 2. The number of hydrogen-bond donors (Lipinski definition) is 0. The van der Waals surface area contributed by atoms with Crippen LogP contribution in [0.1, 0.15) is 47.8 Å². The van der Waals surface area contributed by atoms with Crippen LogP contribution in [0, 0.1) is 5.92 Å². The fourth-order valence-electron chi connectivity index (χ4n) is 5.00. The van der Waals surface area contributed by atoms with Crippen LogP contribution in [-0.4, -0.2) is 62.8 Å². The van der Waals surface area contributed by atoms with Gasteiger partial charge in [0.15, 0.2) is 11.5 Å². The van der Waals surface area contributed by atoms with Crippen LogP contribution in [-0.2, 0) is 0 Å². The first kappa shape index (κ1) is 19.5. The Morgan fingerprint density at radius 3 is 2.15 bits per heavy atom. The van der Waals surface area contributed by atoms with Crippen molar-refractivity contribution >= 4 is 0 Å². The van der Waals surface area contributed by atoms with Gasteiger partial charge < -0.3 is 19.3 Å². The van der Waals surface area contributed by atoms with Gasteiger partial charge in [-0.2, -0.15) is 0 Å². The van der Waals surface area contributed by atoms with Crippen molar-refractivity contribution in [3.8, 4) is 11.5 Å². The van der Waals surface area contributed by atoms with E-state index >= 15 is 0 Å². The van der Waals surface area contributed by atoms with Crippen molar-refractivity contribution in [3.05, 3.63) is 24.3 Å². The van der Waals surface area contributed by atoms with Gasteiger partial charge in [-0.1, -0.05) is 18.6 Å². The summed E-state index contributed by atoms with van der Waals surface area (Å²) in [4.78, 5) is 5.42. The zero-order chi connectivity index (χ0) is 18.4. The van der Waals surface area contributed by atoms with Crippen molar-refractivity contribution in [2.24, 2.45) is 5.92 Å². The molecule has 0 spiro atoms. The smallest absolute Gasteiger partial charge is 0.160 e. The summed E-state index contributed by atoms with van der Waals surface area (Å²) in [6.45, 7) is 4.11. The lowest BCUT2D eigenvalue weighted by molar-refractivity contribution is 0.0831. The molecule has 1 aliphatic carbocycles. The molecule has 3 fully saturated rings. The van der Waals surface area contributed by atoms with Crippen molar-refractivity contribution in [2.45, 2.75) is 57.0 Å². The molecule has 0 N–H and O–H groups in total. The van der Waals surface area contributed by atoms with E-state index in [4.69, 9.17) is 9.47 Å². The molecule has 2 unspecified atom stereocenters. The third-order valence-corrected chi connectivity index (χ3v) is 6.54. The van der Waals surface area contributed by atoms with E-state index in [1.165, 1.54) is 64.6 Å². The normalized spacial score (nSPS) is 29.4. The number of piperidine rings is 1. The average molecular weight is 365 g/mol. The summed E-state index contributed by atoms with van der Waals surface area (Å²) in [5, 5.41) is 0. The lowest BCUT2D eigenvalue weighted by atomic mass is 9.81. The van der Waals surface area contributed by atoms with Crippen molar-refractivity contribution in [1.82, 2.24) is 9.80 Å². The zero-order valence-corrected chi connectivity index (χ0v) is 16.8. The van der Waals surface area contributed by atoms with Gasteiger partial charge in [-0.15, -0.1) is 0 Å². The van der Waals surface area contributed by atoms with E-state index in [0.29, 0.717) is 0 Å². The Kier molecular flexibility index (Phi) is 7.21. The molecular weight excluding hydrogens is 324 g/mol. The van der Waals surface area contributed by atoms with Crippen LogP contribution in [0.15, 0.2) is 24.3 Å². The molecule has 3 atom stereocenters. The maximum absolute atomic E-state index is 5.01. The van der Waals surface area contributed by atoms with E-state index in [1.807, 2.05) is 24.3 Å². The molecule has 2 heterocycles.